The minimum atomic E-state index is -4.67. The Balaban J connectivity index is 2.45. The molecule has 10 heteroatoms. The average molecular weight is 314 g/mol. The minimum absolute atomic E-state index is 0.268. The highest BCUT2D eigenvalue weighted by atomic mass is 19.4. The molecule has 1 aromatic heterocycles. The maximum Gasteiger partial charge on any atom is 0.418 e. The molecule has 0 radical (unpaired) electrons. The molecule has 0 aliphatic carbocycles. The highest BCUT2D eigenvalue weighted by molar-refractivity contribution is 5.62. The van der Waals surface area contributed by atoms with Gasteiger partial charge < -0.3 is 16.2 Å². The predicted molar refractivity (Wildman–Crippen MR) is 71.2 cm³/mol. The summed E-state index contributed by atoms with van der Waals surface area (Å²) in [6, 6.07) is 3.92. The number of nitrogens with zero attached hydrogens (tertiary/aromatic N) is 2. The van der Waals surface area contributed by atoms with Crippen molar-refractivity contribution >= 4 is 17.2 Å². The van der Waals surface area contributed by atoms with E-state index in [0.29, 0.717) is 6.07 Å². The van der Waals surface area contributed by atoms with Gasteiger partial charge >= 0.3 is 11.9 Å². The van der Waals surface area contributed by atoms with Gasteiger partial charge in [0.05, 0.1) is 10.5 Å². The van der Waals surface area contributed by atoms with Crippen LogP contribution in [0.15, 0.2) is 30.5 Å². The van der Waals surface area contributed by atoms with Crippen molar-refractivity contribution < 1.29 is 22.8 Å². The first-order valence-electron chi connectivity index (χ1n) is 5.73. The number of hydrogen-bond donors (Lipinski definition) is 2. The Labute approximate surface area is 121 Å². The average Bonchev–Trinajstić information content (AvgIpc) is 2.39. The van der Waals surface area contributed by atoms with E-state index in [0.717, 1.165) is 24.4 Å². The molecule has 0 unspecified atom stereocenters. The third-order valence-corrected chi connectivity index (χ3v) is 2.66. The molecule has 0 aliphatic rings. The van der Waals surface area contributed by atoms with Crippen molar-refractivity contribution in [2.24, 2.45) is 0 Å². The molecule has 4 N–H and O–H groups in total. The molecule has 0 amide bonds. The van der Waals surface area contributed by atoms with E-state index in [2.05, 4.69) is 4.98 Å². The molecule has 116 valence electrons. The minimum Gasteiger partial charge on any atom is -0.450 e. The number of nitrogen functional groups attached to an aromatic ring is 2. The third-order valence-electron chi connectivity index (χ3n) is 2.66. The second kappa shape index (κ2) is 5.39. The summed E-state index contributed by atoms with van der Waals surface area (Å²) in [4.78, 5) is 13.6. The summed E-state index contributed by atoms with van der Waals surface area (Å²) in [6.07, 6.45) is -3.54. The van der Waals surface area contributed by atoms with Crippen LogP contribution in [-0.2, 0) is 6.18 Å². The smallest absolute Gasteiger partial charge is 0.418 e. The van der Waals surface area contributed by atoms with Crippen molar-refractivity contribution in [2.75, 3.05) is 11.5 Å². The molecular weight excluding hydrogens is 305 g/mol. The Morgan fingerprint density at radius 2 is 1.91 bits per heavy atom. The summed E-state index contributed by atoms with van der Waals surface area (Å²) in [5, 5.41) is 10.9. The van der Waals surface area contributed by atoms with Crippen LogP contribution in [-0.4, -0.2) is 9.91 Å². The molecular formula is C12H9F3N4O3. The number of ether oxygens (including phenoxy) is 1. The number of halogens is 3. The van der Waals surface area contributed by atoms with Gasteiger partial charge in [-0.2, -0.15) is 13.2 Å². The monoisotopic (exact) mass is 314 g/mol. The molecule has 7 nitrogen and oxygen atoms in total. The van der Waals surface area contributed by atoms with Crippen LogP contribution in [0, 0.1) is 10.1 Å². The predicted octanol–water partition coefficient (Wildman–Crippen LogP) is 2.97. The maximum atomic E-state index is 12.8. The van der Waals surface area contributed by atoms with Crippen LogP contribution in [0.5, 0.6) is 11.5 Å². The number of nitro groups is 1. The number of anilines is 2. The van der Waals surface area contributed by atoms with Gasteiger partial charge in [0, 0.05) is 18.0 Å². The molecule has 1 heterocycles. The third kappa shape index (κ3) is 3.00. The van der Waals surface area contributed by atoms with Gasteiger partial charge in [0.2, 0.25) is 11.6 Å². The zero-order chi connectivity index (χ0) is 16.5. The highest BCUT2D eigenvalue weighted by Crippen LogP contribution is 2.39. The van der Waals surface area contributed by atoms with Crippen molar-refractivity contribution in [1.82, 2.24) is 4.98 Å². The lowest BCUT2D eigenvalue weighted by molar-refractivity contribution is -0.384. The van der Waals surface area contributed by atoms with Crippen molar-refractivity contribution in [2.45, 2.75) is 6.18 Å². The van der Waals surface area contributed by atoms with E-state index in [-0.39, 0.29) is 11.5 Å². The fourth-order valence-corrected chi connectivity index (χ4v) is 1.69. The van der Waals surface area contributed by atoms with Gasteiger partial charge in [-0.25, -0.2) is 4.98 Å². The molecule has 0 atom stereocenters. The Bertz CT molecular complexity index is 734. The summed E-state index contributed by atoms with van der Waals surface area (Å²) >= 11 is 0. The first-order chi connectivity index (χ1) is 10.2. The van der Waals surface area contributed by atoms with Crippen LogP contribution in [0.2, 0.25) is 0 Å². The van der Waals surface area contributed by atoms with Crippen LogP contribution >= 0.6 is 0 Å². The fourth-order valence-electron chi connectivity index (χ4n) is 1.69. The van der Waals surface area contributed by atoms with Gasteiger partial charge in [-0.1, -0.05) is 0 Å². The van der Waals surface area contributed by atoms with Crippen LogP contribution in [0.1, 0.15) is 5.56 Å². The summed E-state index contributed by atoms with van der Waals surface area (Å²) in [5.41, 5.74) is 8.41. The van der Waals surface area contributed by atoms with Crippen molar-refractivity contribution in [3.05, 3.63) is 46.1 Å². The van der Waals surface area contributed by atoms with Gasteiger partial charge in [-0.05, 0) is 18.2 Å². The van der Waals surface area contributed by atoms with Gasteiger partial charge in [0.25, 0.3) is 0 Å². The Kier molecular flexibility index (Phi) is 3.76. The first-order valence-corrected chi connectivity index (χ1v) is 5.73. The first kappa shape index (κ1) is 15.4. The second-order valence-corrected chi connectivity index (χ2v) is 4.15. The lowest BCUT2D eigenvalue weighted by atomic mass is 10.1. The lowest BCUT2D eigenvalue weighted by Crippen LogP contribution is -2.09. The van der Waals surface area contributed by atoms with Crippen LogP contribution < -0.4 is 16.2 Å². The van der Waals surface area contributed by atoms with E-state index in [1.807, 2.05) is 0 Å². The van der Waals surface area contributed by atoms with Crippen LogP contribution in [0.25, 0.3) is 0 Å². The molecule has 0 bridgehead atoms. The number of aromatic nitrogens is 1. The van der Waals surface area contributed by atoms with E-state index in [1.165, 1.54) is 0 Å². The molecule has 0 spiro atoms. The van der Waals surface area contributed by atoms with Gasteiger partial charge in [0.1, 0.15) is 5.75 Å². The molecule has 0 saturated heterocycles. The molecule has 1 aromatic carbocycles. The fraction of sp³-hybridized carbons (Fsp3) is 0.0833. The van der Waals surface area contributed by atoms with Gasteiger partial charge in [-0.3, -0.25) is 10.1 Å². The van der Waals surface area contributed by atoms with Gasteiger partial charge in [-0.15, -0.1) is 0 Å². The summed E-state index contributed by atoms with van der Waals surface area (Å²) in [7, 11) is 0. The van der Waals surface area contributed by atoms with E-state index in [4.69, 9.17) is 16.2 Å². The van der Waals surface area contributed by atoms with E-state index >= 15 is 0 Å². The van der Waals surface area contributed by atoms with Crippen LogP contribution in [0.3, 0.4) is 0 Å². The molecule has 0 aliphatic heterocycles. The number of pyridine rings is 1. The number of benzene rings is 1. The SMILES string of the molecule is Nc1ccc(Oc2ccnc(N)c2[N+](=O)[O-])cc1C(F)(F)F. The number of hydrogen-bond acceptors (Lipinski definition) is 6. The molecule has 2 aromatic rings. The zero-order valence-electron chi connectivity index (χ0n) is 10.8. The summed E-state index contributed by atoms with van der Waals surface area (Å²) in [6.45, 7) is 0. The zero-order valence-corrected chi connectivity index (χ0v) is 10.8. The number of nitrogens with two attached hydrogens (primary N) is 2. The Hall–Kier alpha value is -3.04. The van der Waals surface area contributed by atoms with E-state index in [9.17, 15) is 23.3 Å². The normalized spacial score (nSPS) is 11.2. The Morgan fingerprint density at radius 1 is 1.23 bits per heavy atom. The standard InChI is InChI=1S/C12H9F3N4O3/c13-12(14,15)7-5-6(1-2-8(7)16)22-9-3-4-18-11(17)10(9)19(20)21/h1-5H,16H2,(H2,17,18). The summed E-state index contributed by atoms with van der Waals surface area (Å²) < 4.78 is 43.4. The Morgan fingerprint density at radius 3 is 2.50 bits per heavy atom. The van der Waals surface area contributed by atoms with E-state index in [1.54, 1.807) is 0 Å². The van der Waals surface area contributed by atoms with E-state index < -0.39 is 33.9 Å². The lowest BCUT2D eigenvalue weighted by Gasteiger charge is -2.12. The molecule has 0 saturated carbocycles. The van der Waals surface area contributed by atoms with Crippen molar-refractivity contribution in [1.29, 1.82) is 0 Å². The number of alkyl halides is 3. The summed E-state index contributed by atoms with van der Waals surface area (Å²) in [5.74, 6) is -1.00. The second-order valence-electron chi connectivity index (χ2n) is 4.15. The van der Waals surface area contributed by atoms with Crippen molar-refractivity contribution in [3.8, 4) is 11.5 Å². The topological polar surface area (TPSA) is 117 Å². The molecule has 0 fully saturated rings. The quantitative estimate of drug-likeness (QED) is 0.511. The maximum absolute atomic E-state index is 12.8. The molecule has 22 heavy (non-hydrogen) atoms. The number of rotatable bonds is 3. The highest BCUT2D eigenvalue weighted by Gasteiger charge is 2.33. The molecule has 2 rings (SSSR count). The van der Waals surface area contributed by atoms with Crippen LogP contribution in [0.4, 0.5) is 30.4 Å². The van der Waals surface area contributed by atoms with Crippen molar-refractivity contribution in [3.63, 3.8) is 0 Å². The largest absolute Gasteiger partial charge is 0.450 e. The van der Waals surface area contributed by atoms with Gasteiger partial charge in [0.15, 0.2) is 0 Å².